The molecule has 1 amide bonds. The Labute approximate surface area is 139 Å². The molecule has 2 aromatic heterocycles. The van der Waals surface area contributed by atoms with E-state index in [1.54, 1.807) is 0 Å². The summed E-state index contributed by atoms with van der Waals surface area (Å²) in [6, 6.07) is 13.3. The van der Waals surface area contributed by atoms with Gasteiger partial charge in [-0.1, -0.05) is 31.5 Å². The van der Waals surface area contributed by atoms with E-state index in [0.717, 1.165) is 40.9 Å². The summed E-state index contributed by atoms with van der Waals surface area (Å²) in [4.78, 5) is 18.4. The quantitative estimate of drug-likeness (QED) is 0.727. The van der Waals surface area contributed by atoms with Crippen LogP contribution in [0.1, 0.15) is 35.1 Å². The average molecular weight is 325 g/mol. The second-order valence-corrected chi connectivity index (χ2v) is 6.42. The molecule has 4 nitrogen and oxygen atoms in total. The second-order valence-electron chi connectivity index (χ2n) is 5.42. The zero-order valence-electron chi connectivity index (χ0n) is 13.0. The number of nitrogens with zero attached hydrogens (tertiary/aromatic N) is 1. The Morgan fingerprint density at radius 3 is 2.74 bits per heavy atom. The number of aryl methyl sites for hydroxylation is 1. The summed E-state index contributed by atoms with van der Waals surface area (Å²) in [6.45, 7) is 2.16. The molecule has 0 fully saturated rings. The molecule has 0 atom stereocenters. The number of benzene rings is 1. The van der Waals surface area contributed by atoms with Gasteiger partial charge in [-0.2, -0.15) is 0 Å². The molecule has 0 saturated heterocycles. The Hall–Kier alpha value is -2.40. The van der Waals surface area contributed by atoms with Crippen molar-refractivity contribution in [1.82, 2.24) is 4.98 Å². The van der Waals surface area contributed by atoms with Gasteiger partial charge in [0.25, 0.3) is 5.91 Å². The Morgan fingerprint density at radius 2 is 2.00 bits per heavy atom. The van der Waals surface area contributed by atoms with Gasteiger partial charge >= 0.3 is 0 Å². The lowest BCUT2D eigenvalue weighted by Gasteiger charge is -2.03. The molecule has 118 valence electrons. The van der Waals surface area contributed by atoms with Crippen LogP contribution in [0.25, 0.3) is 10.2 Å². The number of anilines is 2. The van der Waals surface area contributed by atoms with Crippen LogP contribution >= 0.6 is 11.3 Å². The number of rotatable bonds is 5. The fraction of sp³-hybridized carbons (Fsp3) is 0.222. The zero-order chi connectivity index (χ0) is 16.2. The molecule has 0 aliphatic heterocycles. The number of hydrogen-bond acceptors (Lipinski definition) is 4. The maximum atomic E-state index is 12.5. The van der Waals surface area contributed by atoms with Crippen molar-refractivity contribution in [3.63, 3.8) is 0 Å². The number of nitrogens with two attached hydrogens (primary N) is 1. The second kappa shape index (κ2) is 6.79. The molecule has 3 aromatic rings. The van der Waals surface area contributed by atoms with Crippen molar-refractivity contribution in [1.29, 1.82) is 0 Å². The number of nitrogen functional groups attached to an aromatic ring is 1. The molecule has 1 aromatic carbocycles. The zero-order valence-corrected chi connectivity index (χ0v) is 13.8. The predicted molar refractivity (Wildman–Crippen MR) is 97.0 cm³/mol. The Bertz CT molecular complexity index is 827. The topological polar surface area (TPSA) is 68.0 Å². The number of para-hydroxylation sites is 1. The van der Waals surface area contributed by atoms with Crippen molar-refractivity contribution >= 4 is 38.8 Å². The highest BCUT2D eigenvalue weighted by molar-refractivity contribution is 7.21. The van der Waals surface area contributed by atoms with Gasteiger partial charge in [-0.15, -0.1) is 11.3 Å². The standard InChI is InChI=1S/C18H19N3OS/c1-2-3-7-13-10-11-14-15(19)16(23-18(14)21-13)17(22)20-12-8-5-4-6-9-12/h4-6,8-11H,2-3,7,19H2,1H3,(H,20,22). The van der Waals surface area contributed by atoms with Crippen molar-refractivity contribution in [3.8, 4) is 0 Å². The number of aromatic nitrogens is 1. The Morgan fingerprint density at radius 1 is 1.22 bits per heavy atom. The number of carbonyl (C=O) groups is 1. The molecule has 0 aliphatic carbocycles. The molecule has 3 rings (SSSR count). The summed E-state index contributed by atoms with van der Waals surface area (Å²) in [5.74, 6) is -0.188. The fourth-order valence-corrected chi connectivity index (χ4v) is 3.42. The van der Waals surface area contributed by atoms with E-state index in [2.05, 4.69) is 17.2 Å². The van der Waals surface area contributed by atoms with E-state index < -0.39 is 0 Å². The summed E-state index contributed by atoms with van der Waals surface area (Å²) >= 11 is 1.35. The monoisotopic (exact) mass is 325 g/mol. The molecule has 0 aliphatic rings. The van der Waals surface area contributed by atoms with Crippen molar-refractivity contribution in [2.45, 2.75) is 26.2 Å². The van der Waals surface area contributed by atoms with Gasteiger partial charge in [-0.05, 0) is 37.1 Å². The van der Waals surface area contributed by atoms with Gasteiger partial charge in [-0.25, -0.2) is 4.98 Å². The molecular weight excluding hydrogens is 306 g/mol. The van der Waals surface area contributed by atoms with Gasteiger partial charge in [0.1, 0.15) is 9.71 Å². The largest absolute Gasteiger partial charge is 0.397 e. The van der Waals surface area contributed by atoms with Crippen molar-refractivity contribution in [2.75, 3.05) is 11.1 Å². The minimum Gasteiger partial charge on any atom is -0.397 e. The number of unbranched alkanes of at least 4 members (excludes halogenated alkanes) is 1. The molecule has 0 saturated carbocycles. The van der Waals surface area contributed by atoms with E-state index in [1.165, 1.54) is 11.3 Å². The molecule has 2 heterocycles. The lowest BCUT2D eigenvalue weighted by molar-refractivity contribution is 0.103. The lowest BCUT2D eigenvalue weighted by Crippen LogP contribution is -2.11. The third kappa shape index (κ3) is 3.35. The van der Waals surface area contributed by atoms with E-state index in [4.69, 9.17) is 5.73 Å². The van der Waals surface area contributed by atoms with Crippen LogP contribution in [0.3, 0.4) is 0 Å². The number of nitrogens with one attached hydrogen (secondary N) is 1. The first-order valence-corrected chi connectivity index (χ1v) is 8.55. The van der Waals surface area contributed by atoms with E-state index in [9.17, 15) is 4.79 Å². The van der Waals surface area contributed by atoms with Crippen LogP contribution in [-0.2, 0) is 6.42 Å². The number of carbonyl (C=O) groups excluding carboxylic acids is 1. The summed E-state index contributed by atoms with van der Waals surface area (Å²) in [5, 5.41) is 3.73. The molecule has 0 unspecified atom stereocenters. The normalized spacial score (nSPS) is 10.8. The summed E-state index contributed by atoms with van der Waals surface area (Å²) in [7, 11) is 0. The van der Waals surface area contributed by atoms with Crippen molar-refractivity contribution in [3.05, 3.63) is 53.0 Å². The number of hydrogen-bond donors (Lipinski definition) is 2. The maximum Gasteiger partial charge on any atom is 0.267 e. The van der Waals surface area contributed by atoms with Crippen LogP contribution in [0.5, 0.6) is 0 Å². The highest BCUT2D eigenvalue weighted by Crippen LogP contribution is 2.33. The molecular formula is C18H19N3OS. The van der Waals surface area contributed by atoms with Crippen LogP contribution < -0.4 is 11.1 Å². The van der Waals surface area contributed by atoms with E-state index in [0.29, 0.717) is 10.6 Å². The van der Waals surface area contributed by atoms with Crippen molar-refractivity contribution < 1.29 is 4.79 Å². The maximum absolute atomic E-state index is 12.5. The Kier molecular flexibility index (Phi) is 4.57. The SMILES string of the molecule is CCCCc1ccc2c(N)c(C(=O)Nc3ccccc3)sc2n1. The van der Waals surface area contributed by atoms with Gasteiger partial charge < -0.3 is 11.1 Å². The van der Waals surface area contributed by atoms with Gasteiger partial charge in [-0.3, -0.25) is 4.79 Å². The van der Waals surface area contributed by atoms with Gasteiger partial charge in [0.2, 0.25) is 0 Å². The third-order valence-electron chi connectivity index (χ3n) is 3.68. The number of amides is 1. The minimum atomic E-state index is -0.188. The predicted octanol–water partition coefficient (Wildman–Crippen LogP) is 4.47. The van der Waals surface area contributed by atoms with Gasteiger partial charge in [0.05, 0.1) is 5.69 Å². The third-order valence-corrected chi connectivity index (χ3v) is 4.79. The van der Waals surface area contributed by atoms with Crippen LogP contribution in [0.4, 0.5) is 11.4 Å². The first-order chi connectivity index (χ1) is 11.2. The summed E-state index contributed by atoms with van der Waals surface area (Å²) in [5.41, 5.74) is 8.47. The summed E-state index contributed by atoms with van der Waals surface area (Å²) < 4.78 is 0. The highest BCUT2D eigenvalue weighted by Gasteiger charge is 2.17. The van der Waals surface area contributed by atoms with Gasteiger partial charge in [0, 0.05) is 16.8 Å². The van der Waals surface area contributed by atoms with Crippen LogP contribution in [0, 0.1) is 0 Å². The van der Waals surface area contributed by atoms with E-state index in [-0.39, 0.29) is 5.91 Å². The molecule has 23 heavy (non-hydrogen) atoms. The molecule has 0 radical (unpaired) electrons. The van der Waals surface area contributed by atoms with Crippen LogP contribution in [-0.4, -0.2) is 10.9 Å². The first kappa shape index (κ1) is 15.5. The van der Waals surface area contributed by atoms with E-state index in [1.807, 2.05) is 42.5 Å². The lowest BCUT2D eigenvalue weighted by atomic mass is 10.1. The first-order valence-electron chi connectivity index (χ1n) is 7.73. The Balaban J connectivity index is 1.88. The summed E-state index contributed by atoms with van der Waals surface area (Å²) in [6.07, 6.45) is 3.20. The minimum absolute atomic E-state index is 0.188. The van der Waals surface area contributed by atoms with Crippen LogP contribution in [0.15, 0.2) is 42.5 Å². The molecule has 5 heteroatoms. The number of pyridine rings is 1. The number of thiophene rings is 1. The molecule has 0 spiro atoms. The van der Waals surface area contributed by atoms with Gasteiger partial charge in [0.15, 0.2) is 0 Å². The smallest absolute Gasteiger partial charge is 0.267 e. The average Bonchev–Trinajstić information content (AvgIpc) is 2.90. The van der Waals surface area contributed by atoms with Crippen LogP contribution in [0.2, 0.25) is 0 Å². The van der Waals surface area contributed by atoms with Crippen molar-refractivity contribution in [2.24, 2.45) is 0 Å². The molecule has 3 N–H and O–H groups in total. The van der Waals surface area contributed by atoms with E-state index >= 15 is 0 Å². The molecule has 0 bridgehead atoms. The number of fused-ring (bicyclic) bond motifs is 1. The fourth-order valence-electron chi connectivity index (χ4n) is 2.41. The highest BCUT2D eigenvalue weighted by atomic mass is 32.1.